The van der Waals surface area contributed by atoms with Gasteiger partial charge in [-0.1, -0.05) is 42.3 Å². The molecule has 2 aromatic rings. The number of nitrogens with one attached hydrogen (secondary N) is 1. The Morgan fingerprint density at radius 3 is 2.81 bits per heavy atom. The summed E-state index contributed by atoms with van der Waals surface area (Å²) in [5.41, 5.74) is 0.710. The largest absolute Gasteiger partial charge is 0.491 e. The number of amides is 1. The summed E-state index contributed by atoms with van der Waals surface area (Å²) in [5, 5.41) is 9.99. The van der Waals surface area contributed by atoms with Gasteiger partial charge in [-0.25, -0.2) is 0 Å². The maximum Gasteiger partial charge on any atom is 0.259 e. The smallest absolute Gasteiger partial charge is 0.259 e. The van der Waals surface area contributed by atoms with Crippen LogP contribution in [0.25, 0.3) is 0 Å². The van der Waals surface area contributed by atoms with E-state index in [9.17, 15) is 4.79 Å². The minimum Gasteiger partial charge on any atom is -0.491 e. The van der Waals surface area contributed by atoms with Crippen LogP contribution in [0.3, 0.4) is 0 Å². The highest BCUT2D eigenvalue weighted by molar-refractivity contribution is 6.34. The van der Waals surface area contributed by atoms with Crippen LogP contribution in [0.15, 0.2) is 30.3 Å². The standard InChI is InChI=1S/C14H13Cl2N3O2/c1-2-7-21-11-6-4-3-5-10(11)17-14(20)9-8-12(15)18-19-13(9)16/h3-6,8H,2,7H2,1H3,(H,17,20). The van der Waals surface area contributed by atoms with E-state index in [4.69, 9.17) is 27.9 Å². The number of halogens is 2. The molecule has 0 bridgehead atoms. The van der Waals surface area contributed by atoms with Crippen molar-refractivity contribution < 1.29 is 9.53 Å². The highest BCUT2D eigenvalue weighted by Crippen LogP contribution is 2.25. The summed E-state index contributed by atoms with van der Waals surface area (Å²) >= 11 is 11.6. The van der Waals surface area contributed by atoms with Gasteiger partial charge in [-0.2, -0.15) is 0 Å². The van der Waals surface area contributed by atoms with Gasteiger partial charge in [0, 0.05) is 0 Å². The molecule has 7 heteroatoms. The molecule has 1 aromatic heterocycles. The zero-order valence-electron chi connectivity index (χ0n) is 11.3. The Bertz CT molecular complexity index is 650. The quantitative estimate of drug-likeness (QED) is 0.907. The SMILES string of the molecule is CCCOc1ccccc1NC(=O)c1cc(Cl)nnc1Cl. The van der Waals surface area contributed by atoms with Crippen molar-refractivity contribution in [2.24, 2.45) is 0 Å². The first-order valence-electron chi connectivity index (χ1n) is 6.33. The number of hydrogen-bond donors (Lipinski definition) is 1. The molecule has 0 aliphatic heterocycles. The van der Waals surface area contributed by atoms with Crippen molar-refractivity contribution in [3.05, 3.63) is 46.2 Å². The Labute approximate surface area is 132 Å². The fourth-order valence-electron chi connectivity index (χ4n) is 1.61. The fourth-order valence-corrected chi connectivity index (χ4v) is 1.93. The number of benzene rings is 1. The van der Waals surface area contributed by atoms with Crippen molar-refractivity contribution in [2.75, 3.05) is 11.9 Å². The molecule has 1 aromatic carbocycles. The van der Waals surface area contributed by atoms with Crippen molar-refractivity contribution in [2.45, 2.75) is 13.3 Å². The van der Waals surface area contributed by atoms with E-state index in [0.29, 0.717) is 18.0 Å². The van der Waals surface area contributed by atoms with E-state index >= 15 is 0 Å². The molecular weight excluding hydrogens is 313 g/mol. The van der Waals surface area contributed by atoms with E-state index in [-0.39, 0.29) is 15.9 Å². The summed E-state index contributed by atoms with van der Waals surface area (Å²) in [6.07, 6.45) is 0.873. The number of nitrogens with zero attached hydrogens (tertiary/aromatic N) is 2. The highest BCUT2D eigenvalue weighted by atomic mass is 35.5. The van der Waals surface area contributed by atoms with Gasteiger partial charge in [0.05, 0.1) is 17.9 Å². The number of carbonyl (C=O) groups is 1. The van der Waals surface area contributed by atoms with E-state index in [1.807, 2.05) is 13.0 Å². The molecule has 1 heterocycles. The topological polar surface area (TPSA) is 64.1 Å². The van der Waals surface area contributed by atoms with E-state index in [1.165, 1.54) is 6.07 Å². The van der Waals surface area contributed by atoms with Crippen molar-refractivity contribution in [1.29, 1.82) is 0 Å². The number of aromatic nitrogens is 2. The Hall–Kier alpha value is -1.85. The Balaban J connectivity index is 2.21. The summed E-state index contributed by atoms with van der Waals surface area (Å²) < 4.78 is 5.58. The van der Waals surface area contributed by atoms with Crippen LogP contribution in [0.2, 0.25) is 10.3 Å². The van der Waals surface area contributed by atoms with Crippen molar-refractivity contribution in [3.8, 4) is 5.75 Å². The van der Waals surface area contributed by atoms with Crippen LogP contribution >= 0.6 is 23.2 Å². The van der Waals surface area contributed by atoms with Gasteiger partial charge < -0.3 is 10.1 Å². The predicted molar refractivity (Wildman–Crippen MR) is 82.2 cm³/mol. The second kappa shape index (κ2) is 7.24. The summed E-state index contributed by atoms with van der Waals surface area (Å²) in [5.74, 6) is 0.168. The van der Waals surface area contributed by atoms with E-state index in [2.05, 4.69) is 15.5 Å². The molecule has 0 radical (unpaired) electrons. The molecule has 0 aliphatic carbocycles. The van der Waals surface area contributed by atoms with Gasteiger partial charge in [-0.15, -0.1) is 10.2 Å². The van der Waals surface area contributed by atoms with Crippen molar-refractivity contribution in [3.63, 3.8) is 0 Å². The van der Waals surface area contributed by atoms with Crippen LogP contribution in [0.5, 0.6) is 5.75 Å². The second-order valence-electron chi connectivity index (χ2n) is 4.17. The lowest BCUT2D eigenvalue weighted by molar-refractivity contribution is 0.102. The van der Waals surface area contributed by atoms with Crippen LogP contribution in [0.1, 0.15) is 23.7 Å². The average Bonchev–Trinajstić information content (AvgIpc) is 2.48. The molecule has 1 amide bonds. The minimum absolute atomic E-state index is 0.0103. The molecule has 0 fully saturated rings. The second-order valence-corrected chi connectivity index (χ2v) is 4.92. The van der Waals surface area contributed by atoms with Gasteiger partial charge in [-0.05, 0) is 24.6 Å². The van der Waals surface area contributed by atoms with Gasteiger partial charge in [-0.3, -0.25) is 4.79 Å². The van der Waals surface area contributed by atoms with Gasteiger partial charge >= 0.3 is 0 Å². The lowest BCUT2D eigenvalue weighted by Gasteiger charge is -2.12. The number of hydrogen-bond acceptors (Lipinski definition) is 4. The molecule has 0 saturated carbocycles. The Morgan fingerprint density at radius 2 is 2.05 bits per heavy atom. The molecule has 5 nitrogen and oxygen atoms in total. The van der Waals surface area contributed by atoms with Crippen LogP contribution in [0, 0.1) is 0 Å². The number of para-hydroxylation sites is 2. The van der Waals surface area contributed by atoms with Gasteiger partial charge in [0.25, 0.3) is 5.91 Å². The normalized spacial score (nSPS) is 10.2. The number of rotatable bonds is 5. The minimum atomic E-state index is -0.427. The lowest BCUT2D eigenvalue weighted by Crippen LogP contribution is -2.14. The average molecular weight is 326 g/mol. The predicted octanol–water partition coefficient (Wildman–Crippen LogP) is 3.82. The van der Waals surface area contributed by atoms with Crippen molar-refractivity contribution >= 4 is 34.8 Å². The number of carbonyl (C=O) groups excluding carboxylic acids is 1. The van der Waals surface area contributed by atoms with E-state index < -0.39 is 5.91 Å². The van der Waals surface area contributed by atoms with Gasteiger partial charge in [0.15, 0.2) is 10.3 Å². The zero-order chi connectivity index (χ0) is 15.2. The molecule has 0 aliphatic rings. The molecule has 2 rings (SSSR count). The van der Waals surface area contributed by atoms with E-state index in [0.717, 1.165) is 6.42 Å². The summed E-state index contributed by atoms with van der Waals surface area (Å²) in [7, 11) is 0. The zero-order valence-corrected chi connectivity index (χ0v) is 12.8. The molecular formula is C14H13Cl2N3O2. The lowest BCUT2D eigenvalue weighted by atomic mass is 10.2. The first-order valence-corrected chi connectivity index (χ1v) is 7.09. The molecule has 0 atom stereocenters. The fraction of sp³-hybridized carbons (Fsp3) is 0.214. The van der Waals surface area contributed by atoms with Crippen LogP contribution in [-0.4, -0.2) is 22.7 Å². The molecule has 1 N–H and O–H groups in total. The number of ether oxygens (including phenoxy) is 1. The third-order valence-electron chi connectivity index (χ3n) is 2.56. The summed E-state index contributed by atoms with van der Waals surface area (Å²) in [6, 6.07) is 8.52. The van der Waals surface area contributed by atoms with Gasteiger partial charge in [0.1, 0.15) is 5.75 Å². The van der Waals surface area contributed by atoms with Crippen LogP contribution in [-0.2, 0) is 0 Å². The summed E-state index contributed by atoms with van der Waals surface area (Å²) in [4.78, 5) is 12.2. The number of anilines is 1. The highest BCUT2D eigenvalue weighted by Gasteiger charge is 2.15. The third-order valence-corrected chi connectivity index (χ3v) is 3.02. The Kier molecular flexibility index (Phi) is 5.36. The van der Waals surface area contributed by atoms with E-state index in [1.54, 1.807) is 18.2 Å². The molecule has 0 spiro atoms. The third kappa shape index (κ3) is 4.06. The first kappa shape index (κ1) is 15.5. The molecule has 0 saturated heterocycles. The Morgan fingerprint density at radius 1 is 1.29 bits per heavy atom. The van der Waals surface area contributed by atoms with Crippen LogP contribution < -0.4 is 10.1 Å². The van der Waals surface area contributed by atoms with Crippen LogP contribution in [0.4, 0.5) is 5.69 Å². The maximum absolute atomic E-state index is 12.2. The van der Waals surface area contributed by atoms with Crippen molar-refractivity contribution in [1.82, 2.24) is 10.2 Å². The maximum atomic E-state index is 12.2. The molecule has 21 heavy (non-hydrogen) atoms. The monoisotopic (exact) mass is 325 g/mol. The molecule has 110 valence electrons. The first-order chi connectivity index (χ1) is 10.1. The van der Waals surface area contributed by atoms with Gasteiger partial charge in [0.2, 0.25) is 0 Å². The summed E-state index contributed by atoms with van der Waals surface area (Å²) in [6.45, 7) is 2.57. The molecule has 0 unspecified atom stereocenters.